The van der Waals surface area contributed by atoms with Crippen molar-refractivity contribution in [3.63, 3.8) is 0 Å². The highest BCUT2D eigenvalue weighted by atomic mass is 79.9. The van der Waals surface area contributed by atoms with E-state index < -0.39 is 0 Å². The molecule has 0 amide bonds. The summed E-state index contributed by atoms with van der Waals surface area (Å²) >= 11 is 6.92. The van der Waals surface area contributed by atoms with Crippen LogP contribution in [0.2, 0.25) is 6.32 Å². The van der Waals surface area contributed by atoms with Gasteiger partial charge in [-0.2, -0.15) is 0 Å². The highest BCUT2D eigenvalue weighted by Crippen LogP contribution is 2.14. The number of hydrogen-bond acceptors (Lipinski definition) is 0. The lowest BCUT2D eigenvalue weighted by Gasteiger charge is -1.98. The van der Waals surface area contributed by atoms with Crippen molar-refractivity contribution in [3.8, 4) is 0 Å². The summed E-state index contributed by atoms with van der Waals surface area (Å²) in [6, 6.07) is 0. The van der Waals surface area contributed by atoms with Crippen molar-refractivity contribution >= 4 is 35.9 Å². The molecule has 0 N–H and O–H groups in total. The molecule has 0 aliphatic carbocycles. The van der Waals surface area contributed by atoms with Crippen molar-refractivity contribution in [2.45, 2.75) is 45.3 Å². The lowest BCUT2D eigenvalue weighted by atomic mass is 9.98. The van der Waals surface area contributed by atoms with Crippen molar-refractivity contribution in [1.29, 1.82) is 0 Å². The Labute approximate surface area is 81.2 Å². The molecule has 0 aromatic carbocycles. The zero-order chi connectivity index (χ0) is 7.82. The monoisotopic (exact) mass is 268 g/mol. The minimum absolute atomic E-state index is 0.529. The van der Waals surface area contributed by atoms with Gasteiger partial charge in [0.25, 0.3) is 4.36 Å². The Morgan fingerprint density at radius 1 is 1.00 bits per heavy atom. The number of rotatable bonds is 6. The molecule has 0 aliphatic heterocycles. The first kappa shape index (κ1) is 11.0. The maximum atomic E-state index is 3.46. The Hall–Kier alpha value is 1.02. The molecular weight excluding hydrogens is 255 g/mol. The fourth-order valence-electron chi connectivity index (χ4n) is 0.902. The molecule has 0 unspecified atom stereocenters. The number of hydrogen-bond donors (Lipinski definition) is 0. The van der Waals surface area contributed by atoms with Gasteiger partial charge >= 0.3 is 0 Å². The van der Waals surface area contributed by atoms with E-state index in [9.17, 15) is 0 Å². The van der Waals surface area contributed by atoms with Crippen molar-refractivity contribution < 1.29 is 0 Å². The van der Waals surface area contributed by atoms with E-state index in [1.165, 1.54) is 38.4 Å². The molecule has 0 aliphatic rings. The smallest absolute Gasteiger partial charge is 0.139 e. The summed E-state index contributed by atoms with van der Waals surface area (Å²) in [5.41, 5.74) is 0. The van der Waals surface area contributed by atoms with E-state index in [0.29, 0.717) is 4.36 Å². The van der Waals surface area contributed by atoms with Crippen LogP contribution in [-0.2, 0) is 0 Å². The van der Waals surface area contributed by atoms with E-state index in [1.54, 1.807) is 0 Å². The molecule has 0 fully saturated rings. The highest BCUT2D eigenvalue weighted by Gasteiger charge is 2.01. The lowest BCUT2D eigenvalue weighted by Crippen LogP contribution is -1.89. The lowest BCUT2D eigenvalue weighted by molar-refractivity contribution is 0.656. The second kappa shape index (κ2) is 8.12. The van der Waals surface area contributed by atoms with Gasteiger partial charge < -0.3 is 0 Å². The molecule has 0 saturated heterocycles. The van der Waals surface area contributed by atoms with Crippen molar-refractivity contribution in [2.24, 2.45) is 0 Å². The third-order valence-corrected chi connectivity index (χ3v) is 2.44. The van der Waals surface area contributed by atoms with E-state index in [0.717, 1.165) is 0 Å². The fraction of sp³-hybridized carbons (Fsp3) is 1.00. The Kier molecular flexibility index (Phi) is 8.96. The van der Waals surface area contributed by atoms with Crippen LogP contribution in [0, 0.1) is 0 Å². The van der Waals surface area contributed by atoms with Gasteiger partial charge in [-0.25, -0.2) is 0 Å². The molecule has 0 heterocycles. The van der Waals surface area contributed by atoms with Gasteiger partial charge in [0.05, 0.1) is 0 Å². The van der Waals surface area contributed by atoms with Gasteiger partial charge in [0.1, 0.15) is 0 Å². The summed E-state index contributed by atoms with van der Waals surface area (Å²) < 4.78 is 0.529. The molecule has 0 nitrogen and oxygen atoms in total. The van der Waals surface area contributed by atoms with E-state index >= 15 is 0 Å². The van der Waals surface area contributed by atoms with Gasteiger partial charge in [0.2, 0.25) is 0 Å². The van der Waals surface area contributed by atoms with Crippen molar-refractivity contribution in [1.82, 2.24) is 0 Å². The summed E-state index contributed by atoms with van der Waals surface area (Å²) in [7, 11) is 0. The zero-order valence-corrected chi connectivity index (χ0v) is 9.75. The van der Waals surface area contributed by atoms with Crippen LogP contribution in [0.4, 0.5) is 0 Å². The predicted molar refractivity (Wildman–Crippen MR) is 57.2 cm³/mol. The van der Waals surface area contributed by atoms with Crippen molar-refractivity contribution in [2.75, 3.05) is 0 Å². The average Bonchev–Trinajstić information content (AvgIpc) is 1.87. The topological polar surface area (TPSA) is 0 Å². The van der Waals surface area contributed by atoms with E-state index in [2.05, 4.69) is 38.4 Å². The van der Waals surface area contributed by atoms with Gasteiger partial charge in [-0.3, -0.25) is 0 Å². The summed E-state index contributed by atoms with van der Waals surface area (Å²) in [5, 5.41) is 0. The Balaban J connectivity index is 2.77. The maximum Gasteiger partial charge on any atom is 0.298 e. The van der Waals surface area contributed by atoms with Gasteiger partial charge in [-0.1, -0.05) is 45.3 Å². The molecule has 0 bridgehead atoms. The summed E-state index contributed by atoms with van der Waals surface area (Å²) in [4.78, 5) is 0. The van der Waals surface area contributed by atoms with Crippen LogP contribution in [0.15, 0.2) is 0 Å². The van der Waals surface area contributed by atoms with Crippen LogP contribution in [0.25, 0.3) is 0 Å². The first-order valence-corrected chi connectivity index (χ1v) is 5.88. The molecular formula is C7H15BBr2. The average molecular weight is 270 g/mol. The maximum absolute atomic E-state index is 3.46. The van der Waals surface area contributed by atoms with Gasteiger partial charge in [0, 0.05) is 0 Å². The van der Waals surface area contributed by atoms with Crippen LogP contribution in [0.5, 0.6) is 0 Å². The Morgan fingerprint density at radius 3 is 2.10 bits per heavy atom. The molecule has 0 rings (SSSR count). The molecule has 0 saturated carbocycles. The molecule has 10 heavy (non-hydrogen) atoms. The first-order chi connectivity index (χ1) is 4.77. The fourth-order valence-corrected chi connectivity index (χ4v) is 1.55. The minimum atomic E-state index is 0.529. The quantitative estimate of drug-likeness (QED) is 0.500. The minimum Gasteiger partial charge on any atom is -0.139 e. The highest BCUT2D eigenvalue weighted by molar-refractivity contribution is 9.49. The predicted octanol–water partition coefficient (Wildman–Crippen LogP) is 4.23. The second-order valence-corrected chi connectivity index (χ2v) is 6.03. The molecule has 3 heteroatoms. The van der Waals surface area contributed by atoms with Crippen LogP contribution in [0.1, 0.15) is 39.0 Å². The van der Waals surface area contributed by atoms with Crippen molar-refractivity contribution in [3.05, 3.63) is 0 Å². The molecule has 0 aromatic heterocycles. The summed E-state index contributed by atoms with van der Waals surface area (Å²) in [6.07, 6.45) is 8.14. The van der Waals surface area contributed by atoms with Crippen LogP contribution in [-0.4, -0.2) is 4.36 Å². The second-order valence-electron chi connectivity index (χ2n) is 2.59. The van der Waals surface area contributed by atoms with E-state index in [1.807, 2.05) is 0 Å². The third-order valence-electron chi connectivity index (χ3n) is 1.53. The van der Waals surface area contributed by atoms with Gasteiger partial charge in [0.15, 0.2) is 0 Å². The number of unbranched alkanes of at least 4 members (excludes halogenated alkanes) is 4. The Morgan fingerprint density at radius 2 is 1.60 bits per heavy atom. The van der Waals surface area contributed by atoms with Gasteiger partial charge in [-0.05, 0) is 0 Å². The number of halogens is 2. The molecule has 0 spiro atoms. The summed E-state index contributed by atoms with van der Waals surface area (Å²) in [5.74, 6) is 0. The first-order valence-electron chi connectivity index (χ1n) is 4.05. The van der Waals surface area contributed by atoms with Gasteiger partial charge in [-0.15, -0.1) is 31.5 Å². The molecule has 0 atom stereocenters. The molecule has 0 radical (unpaired) electrons. The SMILES string of the molecule is CCCCCCCB(Br)Br. The van der Waals surface area contributed by atoms with E-state index in [-0.39, 0.29) is 0 Å². The zero-order valence-electron chi connectivity index (χ0n) is 6.58. The normalized spacial score (nSPS) is 9.90. The van der Waals surface area contributed by atoms with Crippen LogP contribution < -0.4 is 0 Å². The van der Waals surface area contributed by atoms with Crippen LogP contribution in [0.3, 0.4) is 0 Å². The van der Waals surface area contributed by atoms with E-state index in [4.69, 9.17) is 0 Å². The standard InChI is InChI=1S/C7H15BBr2/c1-2-3-4-5-6-7-8(9)10/h2-7H2,1H3. The third kappa shape index (κ3) is 9.02. The Bertz CT molecular complexity index is 66.6. The largest absolute Gasteiger partial charge is 0.298 e. The summed E-state index contributed by atoms with van der Waals surface area (Å²) in [6.45, 7) is 2.25. The molecule has 60 valence electrons. The van der Waals surface area contributed by atoms with Crippen LogP contribution >= 0.6 is 31.5 Å². The molecule has 0 aromatic rings.